The Kier molecular flexibility index (Phi) is 3.88. The van der Waals surface area contributed by atoms with Crippen molar-refractivity contribution in [1.29, 1.82) is 0 Å². The molecule has 1 aromatic rings. The first-order valence-electron chi connectivity index (χ1n) is 7.04. The van der Waals surface area contributed by atoms with Gasteiger partial charge in [-0.05, 0) is 43.9 Å². The first-order chi connectivity index (χ1) is 8.83. The molecule has 1 atom stereocenters. The van der Waals surface area contributed by atoms with E-state index in [2.05, 4.69) is 22.3 Å². The quantitative estimate of drug-likeness (QED) is 0.879. The minimum absolute atomic E-state index is 0.696. The molecule has 1 unspecified atom stereocenters. The molecule has 1 saturated carbocycles. The first kappa shape index (κ1) is 12.5. The van der Waals surface area contributed by atoms with Crippen LogP contribution < -0.4 is 5.32 Å². The summed E-state index contributed by atoms with van der Waals surface area (Å²) in [6.07, 6.45) is 5.39. The van der Waals surface area contributed by atoms with Gasteiger partial charge in [0.1, 0.15) is 0 Å². The molecule has 0 amide bonds. The van der Waals surface area contributed by atoms with Crippen LogP contribution in [-0.2, 0) is 6.54 Å². The zero-order valence-corrected chi connectivity index (χ0v) is 11.5. The third kappa shape index (κ3) is 3.05. The molecular weight excluding hydrogens is 244 g/mol. The lowest BCUT2D eigenvalue weighted by Crippen LogP contribution is -2.38. The monoisotopic (exact) mass is 264 g/mol. The number of hydrogen-bond donors (Lipinski definition) is 1. The van der Waals surface area contributed by atoms with E-state index in [-0.39, 0.29) is 0 Å². The fourth-order valence-electron chi connectivity index (χ4n) is 2.77. The molecule has 1 aliphatic carbocycles. The molecular formula is C15H21ClN2. The Morgan fingerprint density at radius 2 is 2.06 bits per heavy atom. The highest BCUT2D eigenvalue weighted by Crippen LogP contribution is 2.24. The Bertz CT molecular complexity index is 403. The van der Waals surface area contributed by atoms with Gasteiger partial charge >= 0.3 is 0 Å². The van der Waals surface area contributed by atoms with Crippen molar-refractivity contribution in [3.63, 3.8) is 0 Å². The highest BCUT2D eigenvalue weighted by molar-refractivity contribution is 6.31. The van der Waals surface area contributed by atoms with Crippen LogP contribution in [0.15, 0.2) is 24.3 Å². The van der Waals surface area contributed by atoms with E-state index in [1.165, 1.54) is 37.8 Å². The number of rotatable bonds is 5. The van der Waals surface area contributed by atoms with Gasteiger partial charge < -0.3 is 5.32 Å². The lowest BCUT2D eigenvalue weighted by Gasteiger charge is -2.25. The summed E-state index contributed by atoms with van der Waals surface area (Å²) in [5.41, 5.74) is 1.26. The predicted octanol–water partition coefficient (Wildman–Crippen LogP) is 3.06. The molecule has 0 radical (unpaired) electrons. The van der Waals surface area contributed by atoms with E-state index in [9.17, 15) is 0 Å². The van der Waals surface area contributed by atoms with Crippen LogP contribution in [0, 0.1) is 0 Å². The topological polar surface area (TPSA) is 15.3 Å². The number of hydrogen-bond acceptors (Lipinski definition) is 2. The number of nitrogens with zero attached hydrogens (tertiary/aromatic N) is 1. The Morgan fingerprint density at radius 1 is 1.22 bits per heavy atom. The molecule has 1 heterocycles. The van der Waals surface area contributed by atoms with Crippen molar-refractivity contribution in [2.75, 3.05) is 13.1 Å². The van der Waals surface area contributed by atoms with Crippen molar-refractivity contribution in [3.05, 3.63) is 34.9 Å². The Balaban J connectivity index is 1.58. The summed E-state index contributed by atoms with van der Waals surface area (Å²) in [6.45, 7) is 3.36. The highest BCUT2D eigenvalue weighted by Gasteiger charge is 2.27. The maximum absolute atomic E-state index is 6.25. The van der Waals surface area contributed by atoms with Gasteiger partial charge in [-0.1, -0.05) is 29.8 Å². The second kappa shape index (κ2) is 5.60. The van der Waals surface area contributed by atoms with Gasteiger partial charge in [-0.3, -0.25) is 4.90 Å². The van der Waals surface area contributed by atoms with E-state index < -0.39 is 0 Å². The second-order valence-electron chi connectivity index (χ2n) is 5.54. The molecule has 98 valence electrons. The summed E-state index contributed by atoms with van der Waals surface area (Å²) in [5, 5.41) is 4.56. The Labute approximate surface area is 114 Å². The molecule has 1 saturated heterocycles. The lowest BCUT2D eigenvalue weighted by atomic mass is 10.2. The predicted molar refractivity (Wildman–Crippen MR) is 75.9 cm³/mol. The van der Waals surface area contributed by atoms with Gasteiger partial charge in [0.15, 0.2) is 0 Å². The first-order valence-corrected chi connectivity index (χ1v) is 7.41. The summed E-state index contributed by atoms with van der Waals surface area (Å²) in [5.74, 6) is 0. The fourth-order valence-corrected chi connectivity index (χ4v) is 2.97. The van der Waals surface area contributed by atoms with Gasteiger partial charge in [0.25, 0.3) is 0 Å². The Morgan fingerprint density at radius 3 is 2.83 bits per heavy atom. The Hall–Kier alpha value is -0.570. The van der Waals surface area contributed by atoms with Gasteiger partial charge in [0.05, 0.1) is 0 Å². The highest BCUT2D eigenvalue weighted by atomic mass is 35.5. The molecule has 0 spiro atoms. The van der Waals surface area contributed by atoms with Crippen molar-refractivity contribution < 1.29 is 0 Å². The zero-order chi connectivity index (χ0) is 12.4. The van der Waals surface area contributed by atoms with Crippen LogP contribution in [0.4, 0.5) is 0 Å². The molecule has 3 heteroatoms. The summed E-state index contributed by atoms with van der Waals surface area (Å²) in [4.78, 5) is 2.58. The van der Waals surface area contributed by atoms with E-state index in [4.69, 9.17) is 11.6 Å². The molecule has 2 fully saturated rings. The van der Waals surface area contributed by atoms with Crippen LogP contribution >= 0.6 is 11.6 Å². The SMILES string of the molecule is Clc1ccccc1CN1CCCC1CNC1CC1. The molecule has 0 aromatic heterocycles. The van der Waals surface area contributed by atoms with E-state index in [1.807, 2.05) is 12.1 Å². The van der Waals surface area contributed by atoms with Crippen LogP contribution in [0.25, 0.3) is 0 Å². The van der Waals surface area contributed by atoms with Crippen LogP contribution in [0.2, 0.25) is 5.02 Å². The molecule has 1 aliphatic heterocycles. The maximum Gasteiger partial charge on any atom is 0.0451 e. The fraction of sp³-hybridized carbons (Fsp3) is 0.600. The average Bonchev–Trinajstić information content (AvgIpc) is 3.10. The molecule has 2 nitrogen and oxygen atoms in total. The third-order valence-corrected chi connectivity index (χ3v) is 4.42. The van der Waals surface area contributed by atoms with Gasteiger partial charge in [0, 0.05) is 30.2 Å². The van der Waals surface area contributed by atoms with E-state index in [1.54, 1.807) is 0 Å². The van der Waals surface area contributed by atoms with Gasteiger partial charge in [0.2, 0.25) is 0 Å². The summed E-state index contributed by atoms with van der Waals surface area (Å²) < 4.78 is 0. The van der Waals surface area contributed by atoms with Crippen LogP contribution in [0.1, 0.15) is 31.2 Å². The van der Waals surface area contributed by atoms with Crippen LogP contribution in [0.5, 0.6) is 0 Å². The van der Waals surface area contributed by atoms with Crippen molar-refractivity contribution >= 4 is 11.6 Å². The smallest absolute Gasteiger partial charge is 0.0451 e. The number of nitrogens with one attached hydrogen (secondary N) is 1. The number of likely N-dealkylation sites (tertiary alicyclic amines) is 1. The number of benzene rings is 1. The lowest BCUT2D eigenvalue weighted by molar-refractivity contribution is 0.239. The summed E-state index contributed by atoms with van der Waals surface area (Å²) >= 11 is 6.25. The number of halogens is 1. The van der Waals surface area contributed by atoms with Crippen LogP contribution in [-0.4, -0.2) is 30.1 Å². The van der Waals surface area contributed by atoms with Crippen molar-refractivity contribution in [2.24, 2.45) is 0 Å². The molecule has 0 bridgehead atoms. The van der Waals surface area contributed by atoms with Gasteiger partial charge in [-0.2, -0.15) is 0 Å². The van der Waals surface area contributed by atoms with E-state index in [0.29, 0.717) is 6.04 Å². The maximum atomic E-state index is 6.25. The largest absolute Gasteiger partial charge is 0.312 e. The summed E-state index contributed by atoms with van der Waals surface area (Å²) in [7, 11) is 0. The van der Waals surface area contributed by atoms with Gasteiger partial charge in [-0.15, -0.1) is 0 Å². The normalized spacial score (nSPS) is 24.6. The third-order valence-electron chi connectivity index (χ3n) is 4.05. The molecule has 18 heavy (non-hydrogen) atoms. The average molecular weight is 265 g/mol. The second-order valence-corrected chi connectivity index (χ2v) is 5.95. The van der Waals surface area contributed by atoms with E-state index >= 15 is 0 Å². The minimum Gasteiger partial charge on any atom is -0.312 e. The van der Waals surface area contributed by atoms with Crippen LogP contribution in [0.3, 0.4) is 0 Å². The molecule has 2 aliphatic rings. The summed E-state index contributed by atoms with van der Waals surface area (Å²) in [6, 6.07) is 9.72. The van der Waals surface area contributed by atoms with Gasteiger partial charge in [-0.25, -0.2) is 0 Å². The molecule has 1 aromatic carbocycles. The minimum atomic E-state index is 0.696. The van der Waals surface area contributed by atoms with Crippen molar-refractivity contribution in [1.82, 2.24) is 10.2 Å². The molecule has 1 N–H and O–H groups in total. The van der Waals surface area contributed by atoms with Crippen molar-refractivity contribution in [3.8, 4) is 0 Å². The molecule has 3 rings (SSSR count). The van der Waals surface area contributed by atoms with E-state index in [0.717, 1.165) is 24.2 Å². The van der Waals surface area contributed by atoms with Crippen molar-refractivity contribution in [2.45, 2.75) is 44.3 Å². The zero-order valence-electron chi connectivity index (χ0n) is 10.7. The standard InChI is InChI=1S/C15H21ClN2/c16-15-6-2-1-4-12(15)11-18-9-3-5-14(18)10-17-13-7-8-13/h1-2,4,6,13-14,17H,3,5,7-11H2.